The lowest BCUT2D eigenvalue weighted by molar-refractivity contribution is -0.133. The molecule has 3 amide bonds. The molecule has 0 radical (unpaired) electrons. The number of benzene rings is 3. The molecule has 2 N–H and O–H groups in total. The fourth-order valence-corrected chi connectivity index (χ4v) is 6.66. The van der Waals surface area contributed by atoms with Crippen molar-refractivity contribution >= 4 is 23.4 Å². The molecule has 7 heteroatoms. The number of rotatable bonds is 7. The van der Waals surface area contributed by atoms with Crippen LogP contribution in [0.2, 0.25) is 0 Å². The van der Waals surface area contributed by atoms with Crippen LogP contribution in [0.1, 0.15) is 68.0 Å². The number of urea groups is 1. The highest BCUT2D eigenvalue weighted by atomic mass is 16.2. The molecule has 6 rings (SSSR count). The Hall–Kier alpha value is -4.39. The van der Waals surface area contributed by atoms with Crippen LogP contribution in [0.3, 0.4) is 0 Å². The van der Waals surface area contributed by atoms with Gasteiger partial charge in [-0.3, -0.25) is 10.1 Å². The monoisotopic (exact) mass is 603 g/mol. The van der Waals surface area contributed by atoms with Crippen LogP contribution < -0.4 is 10.6 Å². The average Bonchev–Trinajstić information content (AvgIpc) is 3.62. The van der Waals surface area contributed by atoms with Crippen LogP contribution >= 0.6 is 0 Å². The first-order valence-corrected chi connectivity index (χ1v) is 16.3. The van der Waals surface area contributed by atoms with Crippen LogP contribution in [0.25, 0.3) is 5.69 Å². The lowest BCUT2D eigenvalue weighted by atomic mass is 9.89. The summed E-state index contributed by atoms with van der Waals surface area (Å²) in [5.41, 5.74) is 7.57. The third-order valence-corrected chi connectivity index (χ3v) is 9.27. The van der Waals surface area contributed by atoms with Crippen LogP contribution in [0.4, 0.5) is 16.3 Å². The van der Waals surface area contributed by atoms with E-state index in [9.17, 15) is 9.59 Å². The third kappa shape index (κ3) is 7.47. The Morgan fingerprint density at radius 2 is 1.53 bits per heavy atom. The molecule has 2 heterocycles. The SMILES string of the molecule is Cc1ccc(-n2nc(C(C)(C)C)cc2NC(=O)Nc2cccc(CC3CCN(C(=O)CC4Cc5ccccc5C4)CC3)c2)cc1. The lowest BCUT2D eigenvalue weighted by Gasteiger charge is -2.33. The van der Waals surface area contributed by atoms with Crippen LogP contribution in [0.15, 0.2) is 78.9 Å². The number of hydrogen-bond donors (Lipinski definition) is 2. The number of piperidine rings is 1. The first-order valence-electron chi connectivity index (χ1n) is 16.3. The molecule has 0 bridgehead atoms. The number of nitrogens with zero attached hydrogens (tertiary/aromatic N) is 3. The van der Waals surface area contributed by atoms with Gasteiger partial charge in [0, 0.05) is 36.7 Å². The van der Waals surface area contributed by atoms with Crippen LogP contribution in [0, 0.1) is 18.8 Å². The third-order valence-electron chi connectivity index (χ3n) is 9.27. The summed E-state index contributed by atoms with van der Waals surface area (Å²) in [6, 6.07) is 26.4. The predicted octanol–water partition coefficient (Wildman–Crippen LogP) is 7.71. The molecular formula is C38H45N5O2. The van der Waals surface area contributed by atoms with Gasteiger partial charge in [-0.1, -0.05) is 74.9 Å². The molecule has 2 aliphatic rings. The Bertz CT molecular complexity index is 1630. The predicted molar refractivity (Wildman–Crippen MR) is 181 cm³/mol. The van der Waals surface area contributed by atoms with E-state index in [0.717, 1.165) is 62.3 Å². The maximum Gasteiger partial charge on any atom is 0.324 e. The lowest BCUT2D eigenvalue weighted by Crippen LogP contribution is -2.39. The molecule has 1 saturated heterocycles. The largest absolute Gasteiger partial charge is 0.343 e. The Morgan fingerprint density at radius 1 is 0.844 bits per heavy atom. The van der Waals surface area contributed by atoms with Gasteiger partial charge in [-0.05, 0) is 91.8 Å². The highest BCUT2D eigenvalue weighted by Gasteiger charge is 2.28. The molecule has 45 heavy (non-hydrogen) atoms. The molecule has 0 saturated carbocycles. The molecule has 3 aromatic carbocycles. The minimum Gasteiger partial charge on any atom is -0.343 e. The van der Waals surface area contributed by atoms with Gasteiger partial charge in [-0.2, -0.15) is 5.10 Å². The summed E-state index contributed by atoms with van der Waals surface area (Å²) in [7, 11) is 0. The Morgan fingerprint density at radius 3 is 2.20 bits per heavy atom. The standard InChI is InChI=1S/C38H45N5O2/c1-26-12-14-33(15-13-26)43-35(25-34(41-43)38(2,3)4)40-37(45)39-32-11-7-8-28(23-32)20-27-16-18-42(19-17-27)36(44)24-29-21-30-9-5-6-10-31(30)22-29/h5-15,23,25,27,29H,16-22,24H2,1-4H3,(H2,39,40,45). The first-order chi connectivity index (χ1) is 21.6. The maximum absolute atomic E-state index is 13.2. The zero-order valence-electron chi connectivity index (χ0n) is 27.0. The number of hydrogen-bond acceptors (Lipinski definition) is 3. The summed E-state index contributed by atoms with van der Waals surface area (Å²) >= 11 is 0. The van der Waals surface area contributed by atoms with Crippen LogP contribution in [-0.4, -0.2) is 39.7 Å². The number of amides is 3. The number of carbonyl (C=O) groups is 2. The molecule has 4 aromatic rings. The number of likely N-dealkylation sites (tertiary alicyclic amines) is 1. The highest BCUT2D eigenvalue weighted by Crippen LogP contribution is 2.31. The fourth-order valence-electron chi connectivity index (χ4n) is 6.66. The molecule has 0 atom stereocenters. The van der Waals surface area contributed by atoms with Crippen molar-refractivity contribution < 1.29 is 9.59 Å². The van der Waals surface area contributed by atoms with Crippen molar-refractivity contribution in [2.24, 2.45) is 11.8 Å². The van der Waals surface area contributed by atoms with Gasteiger partial charge in [-0.25, -0.2) is 9.48 Å². The van der Waals surface area contributed by atoms with E-state index >= 15 is 0 Å². The number of aryl methyl sites for hydroxylation is 1. The number of carbonyl (C=O) groups excluding carboxylic acids is 2. The van der Waals surface area contributed by atoms with Crippen molar-refractivity contribution in [2.45, 2.75) is 71.6 Å². The number of anilines is 2. The summed E-state index contributed by atoms with van der Waals surface area (Å²) < 4.78 is 1.79. The van der Waals surface area contributed by atoms with Crippen molar-refractivity contribution in [1.29, 1.82) is 0 Å². The van der Waals surface area contributed by atoms with Crippen LogP contribution in [-0.2, 0) is 29.5 Å². The average molecular weight is 604 g/mol. The van der Waals surface area contributed by atoms with Crippen LogP contribution in [0.5, 0.6) is 0 Å². The van der Waals surface area contributed by atoms with E-state index < -0.39 is 0 Å². The zero-order chi connectivity index (χ0) is 31.6. The molecule has 0 unspecified atom stereocenters. The first kappa shape index (κ1) is 30.6. The second-order valence-electron chi connectivity index (χ2n) is 14.0. The fraction of sp³-hybridized carbons (Fsp3) is 0.395. The van der Waals surface area contributed by atoms with Crippen molar-refractivity contribution in [3.63, 3.8) is 0 Å². The van der Waals surface area contributed by atoms with Gasteiger partial charge in [0.25, 0.3) is 0 Å². The Kier molecular flexibility index (Phi) is 8.79. The minimum atomic E-state index is -0.307. The molecule has 0 spiro atoms. The van der Waals surface area contributed by atoms with Gasteiger partial charge in [0.15, 0.2) is 0 Å². The number of fused-ring (bicyclic) bond motifs is 1. The summed E-state index contributed by atoms with van der Waals surface area (Å²) in [5.74, 6) is 1.88. The second kappa shape index (κ2) is 12.9. The van der Waals surface area contributed by atoms with Gasteiger partial charge in [0.05, 0.1) is 11.4 Å². The Balaban J connectivity index is 1.02. The van der Waals surface area contributed by atoms with E-state index in [1.807, 2.05) is 42.5 Å². The molecule has 7 nitrogen and oxygen atoms in total. The topological polar surface area (TPSA) is 79.3 Å². The van der Waals surface area contributed by atoms with Crippen molar-refractivity contribution in [3.8, 4) is 5.69 Å². The van der Waals surface area contributed by atoms with Gasteiger partial charge in [0.2, 0.25) is 5.91 Å². The maximum atomic E-state index is 13.2. The van der Waals surface area contributed by atoms with Gasteiger partial charge >= 0.3 is 6.03 Å². The van der Waals surface area contributed by atoms with E-state index in [2.05, 4.69) is 79.6 Å². The molecule has 234 valence electrons. The quantitative estimate of drug-likeness (QED) is 0.227. The second-order valence-corrected chi connectivity index (χ2v) is 14.0. The van der Waals surface area contributed by atoms with E-state index in [0.29, 0.717) is 30.0 Å². The van der Waals surface area contributed by atoms with Crippen molar-refractivity contribution in [1.82, 2.24) is 14.7 Å². The summed E-state index contributed by atoms with van der Waals surface area (Å²) in [6.45, 7) is 10.0. The van der Waals surface area contributed by atoms with E-state index in [-0.39, 0.29) is 11.4 Å². The van der Waals surface area contributed by atoms with Crippen molar-refractivity contribution in [3.05, 3.63) is 107 Å². The van der Waals surface area contributed by atoms with E-state index in [1.165, 1.54) is 22.3 Å². The molecule has 1 aliphatic heterocycles. The summed E-state index contributed by atoms with van der Waals surface area (Å²) in [6.07, 6.45) is 5.65. The van der Waals surface area contributed by atoms with Gasteiger partial charge in [0.1, 0.15) is 5.82 Å². The molecular weight excluding hydrogens is 558 g/mol. The highest BCUT2D eigenvalue weighted by molar-refractivity contribution is 5.99. The number of nitrogens with one attached hydrogen (secondary N) is 2. The smallest absolute Gasteiger partial charge is 0.324 e. The van der Waals surface area contributed by atoms with Gasteiger partial charge in [-0.15, -0.1) is 0 Å². The molecule has 1 fully saturated rings. The molecule has 1 aliphatic carbocycles. The normalized spacial score (nSPS) is 15.6. The van der Waals surface area contributed by atoms with Crippen molar-refractivity contribution in [2.75, 3.05) is 23.7 Å². The van der Waals surface area contributed by atoms with E-state index in [1.54, 1.807) is 4.68 Å². The number of aromatic nitrogens is 2. The molecule has 1 aromatic heterocycles. The van der Waals surface area contributed by atoms with Gasteiger partial charge < -0.3 is 10.2 Å². The Labute approximate surface area is 267 Å². The van der Waals surface area contributed by atoms with E-state index in [4.69, 9.17) is 5.10 Å². The summed E-state index contributed by atoms with van der Waals surface area (Å²) in [4.78, 5) is 28.3. The minimum absolute atomic E-state index is 0.164. The zero-order valence-corrected chi connectivity index (χ0v) is 27.0. The summed E-state index contributed by atoms with van der Waals surface area (Å²) in [5, 5.41) is 10.9.